The third-order valence-corrected chi connectivity index (χ3v) is 9.06. The van der Waals surface area contributed by atoms with Crippen LogP contribution in [0.3, 0.4) is 0 Å². The van der Waals surface area contributed by atoms with Gasteiger partial charge in [0.2, 0.25) is 0 Å². The van der Waals surface area contributed by atoms with E-state index in [1.165, 1.54) is 21.5 Å². The molecule has 0 spiro atoms. The highest BCUT2D eigenvalue weighted by Gasteiger charge is 2.21. The first kappa shape index (κ1) is 29.7. The van der Waals surface area contributed by atoms with Crippen LogP contribution in [-0.2, 0) is 0 Å². The molecule has 0 saturated carbocycles. The van der Waals surface area contributed by atoms with E-state index in [-0.39, 0.29) is 26.4 Å². The molecule has 8 aromatic carbocycles. The summed E-state index contributed by atoms with van der Waals surface area (Å²) < 4.78 is 12.4. The lowest BCUT2D eigenvalue weighted by atomic mass is 9.89. The van der Waals surface area contributed by atoms with Crippen molar-refractivity contribution in [3.63, 3.8) is 0 Å². The molecule has 0 saturated heterocycles. The zero-order valence-electron chi connectivity index (χ0n) is 26.4. The van der Waals surface area contributed by atoms with Crippen molar-refractivity contribution >= 4 is 43.1 Å². The molecule has 0 heterocycles. The third-order valence-electron chi connectivity index (χ3n) is 9.06. The van der Waals surface area contributed by atoms with Crippen LogP contribution in [0.25, 0.3) is 76.5 Å². The van der Waals surface area contributed by atoms with E-state index in [1.54, 1.807) is 0 Å². The van der Waals surface area contributed by atoms with Gasteiger partial charge in [-0.1, -0.05) is 115 Å². The molecule has 234 valence electrons. The van der Waals surface area contributed by atoms with E-state index in [4.69, 9.17) is 9.47 Å². The monoisotopic (exact) mass is 626 g/mol. The minimum atomic E-state index is -0.143. The smallest absolute Gasteiger partial charge is 0.169 e. The quantitative estimate of drug-likeness (QED) is 0.167. The molecule has 0 radical (unpaired) electrons. The predicted octanol–water partition coefficient (Wildman–Crippen LogP) is 10.0. The summed E-state index contributed by atoms with van der Waals surface area (Å²) in [5.41, 5.74) is 6.36. The molecule has 8 rings (SSSR count). The number of benzene rings is 8. The average Bonchev–Trinajstić information content (AvgIpc) is 3.15. The Labute approximate surface area is 279 Å². The minimum absolute atomic E-state index is 0.103. The average molecular weight is 627 g/mol. The van der Waals surface area contributed by atoms with Gasteiger partial charge in [0.05, 0.1) is 13.2 Å². The van der Waals surface area contributed by atoms with Crippen molar-refractivity contribution in [1.82, 2.24) is 0 Å². The summed E-state index contributed by atoms with van der Waals surface area (Å²) >= 11 is 0. The van der Waals surface area contributed by atoms with Crippen LogP contribution in [-0.4, -0.2) is 36.6 Å². The maximum absolute atomic E-state index is 9.85. The zero-order chi connectivity index (χ0) is 32.5. The highest BCUT2D eigenvalue weighted by Crippen LogP contribution is 2.47. The van der Waals surface area contributed by atoms with E-state index in [0.717, 1.165) is 54.9 Å². The van der Waals surface area contributed by atoms with Crippen molar-refractivity contribution in [3.05, 3.63) is 146 Å². The highest BCUT2D eigenvalue weighted by atomic mass is 16.5. The Bertz CT molecular complexity index is 2450. The van der Waals surface area contributed by atoms with Crippen molar-refractivity contribution in [3.8, 4) is 44.9 Å². The van der Waals surface area contributed by atoms with Gasteiger partial charge in [0.1, 0.15) is 13.2 Å². The first-order chi connectivity index (χ1) is 23.7. The molecule has 0 aromatic heterocycles. The molecule has 4 nitrogen and oxygen atoms in total. The van der Waals surface area contributed by atoms with Crippen LogP contribution in [0, 0.1) is 0 Å². The number of ether oxygens (including phenoxy) is 2. The summed E-state index contributed by atoms with van der Waals surface area (Å²) in [4.78, 5) is 0. The van der Waals surface area contributed by atoms with Crippen molar-refractivity contribution < 1.29 is 19.7 Å². The van der Waals surface area contributed by atoms with Gasteiger partial charge in [-0.3, -0.25) is 0 Å². The molecule has 0 amide bonds. The number of hydrogen-bond donors (Lipinski definition) is 2. The fourth-order valence-corrected chi connectivity index (χ4v) is 6.76. The number of hydrogen-bond acceptors (Lipinski definition) is 4. The van der Waals surface area contributed by atoms with Crippen molar-refractivity contribution in [1.29, 1.82) is 0 Å². The van der Waals surface area contributed by atoms with Gasteiger partial charge in [0.15, 0.2) is 11.5 Å². The third kappa shape index (κ3) is 5.51. The second kappa shape index (κ2) is 12.8. The molecule has 0 aliphatic carbocycles. The van der Waals surface area contributed by atoms with Crippen LogP contribution in [0.15, 0.2) is 146 Å². The topological polar surface area (TPSA) is 58.9 Å². The van der Waals surface area contributed by atoms with Crippen molar-refractivity contribution in [2.45, 2.75) is 0 Å². The lowest BCUT2D eigenvalue weighted by Gasteiger charge is -2.21. The maximum atomic E-state index is 9.85. The fourth-order valence-electron chi connectivity index (χ4n) is 6.76. The van der Waals surface area contributed by atoms with Gasteiger partial charge < -0.3 is 19.7 Å². The van der Waals surface area contributed by atoms with Gasteiger partial charge in [0.25, 0.3) is 0 Å². The van der Waals surface area contributed by atoms with E-state index in [9.17, 15) is 10.2 Å². The van der Waals surface area contributed by atoms with Gasteiger partial charge in [-0.15, -0.1) is 0 Å². The molecule has 0 unspecified atom stereocenters. The summed E-state index contributed by atoms with van der Waals surface area (Å²) in [6.07, 6.45) is 0. The minimum Gasteiger partial charge on any atom is -0.487 e. The van der Waals surface area contributed by atoms with Crippen molar-refractivity contribution in [2.24, 2.45) is 0 Å². The van der Waals surface area contributed by atoms with Crippen LogP contribution in [0.4, 0.5) is 0 Å². The van der Waals surface area contributed by atoms with Crippen molar-refractivity contribution in [2.75, 3.05) is 26.4 Å². The largest absolute Gasteiger partial charge is 0.487 e. The molecule has 8 aromatic rings. The van der Waals surface area contributed by atoms with Gasteiger partial charge in [-0.25, -0.2) is 0 Å². The van der Waals surface area contributed by atoms with Crippen LogP contribution in [0.2, 0.25) is 0 Å². The van der Waals surface area contributed by atoms with Crippen LogP contribution >= 0.6 is 0 Å². The lowest BCUT2D eigenvalue weighted by Crippen LogP contribution is -2.08. The number of rotatable bonds is 9. The molecular weight excluding hydrogens is 592 g/mol. The summed E-state index contributed by atoms with van der Waals surface area (Å²) in [5.74, 6) is 1.07. The molecule has 0 atom stereocenters. The predicted molar refractivity (Wildman–Crippen MR) is 198 cm³/mol. The van der Waals surface area contributed by atoms with Gasteiger partial charge in [-0.05, 0) is 101 Å². The second-order valence-electron chi connectivity index (χ2n) is 12.0. The van der Waals surface area contributed by atoms with E-state index >= 15 is 0 Å². The summed E-state index contributed by atoms with van der Waals surface area (Å²) in [5, 5.41) is 28.5. The Balaban J connectivity index is 1.38. The zero-order valence-corrected chi connectivity index (χ0v) is 26.4. The SMILES string of the molecule is OCCOc1cc2ccc(-c3ccc4ccccc4c3)cc2c(-c2cccc3ccc(-c4ccc5ccccc5c4)cc23)c1OCCO. The Hall–Kier alpha value is -5.68. The first-order valence-corrected chi connectivity index (χ1v) is 16.3. The molecule has 2 N–H and O–H groups in total. The summed E-state index contributed by atoms with van der Waals surface area (Å²) in [7, 11) is 0. The van der Waals surface area contributed by atoms with E-state index < -0.39 is 0 Å². The Morgan fingerprint density at radius 3 is 1.52 bits per heavy atom. The molecule has 0 bridgehead atoms. The molecular formula is C44H34O4. The molecule has 4 heteroatoms. The van der Waals surface area contributed by atoms with Crippen LogP contribution < -0.4 is 9.47 Å². The van der Waals surface area contributed by atoms with Gasteiger partial charge in [-0.2, -0.15) is 0 Å². The number of aliphatic hydroxyl groups is 2. The van der Waals surface area contributed by atoms with E-state index in [1.807, 2.05) is 6.07 Å². The lowest BCUT2D eigenvalue weighted by molar-refractivity contribution is 0.179. The summed E-state index contributed by atoms with van der Waals surface area (Å²) in [6, 6.07) is 51.3. The summed E-state index contributed by atoms with van der Waals surface area (Å²) in [6.45, 7) is -0.0461. The normalized spacial score (nSPS) is 11.5. The van der Waals surface area contributed by atoms with Gasteiger partial charge in [0, 0.05) is 5.56 Å². The second-order valence-corrected chi connectivity index (χ2v) is 12.0. The Kier molecular flexibility index (Phi) is 7.95. The molecule has 0 aliphatic rings. The van der Waals surface area contributed by atoms with Crippen LogP contribution in [0.1, 0.15) is 0 Å². The molecule has 0 fully saturated rings. The standard InChI is InChI=1S/C44H34O4/c45-20-22-47-42-28-38-19-18-37(35-16-13-30-7-2-4-9-33(30)25-35)27-41(38)43(44(42)48-23-21-46)39-11-5-10-31-14-17-36(26-40(31)39)34-15-12-29-6-1-3-8-32(29)24-34/h1-19,24-28,45-46H,20-23H2. The van der Waals surface area contributed by atoms with Gasteiger partial charge >= 0.3 is 0 Å². The van der Waals surface area contributed by atoms with E-state index in [0.29, 0.717) is 11.5 Å². The van der Waals surface area contributed by atoms with Crippen LogP contribution in [0.5, 0.6) is 11.5 Å². The number of fused-ring (bicyclic) bond motifs is 4. The first-order valence-electron chi connectivity index (χ1n) is 16.3. The van der Waals surface area contributed by atoms with E-state index in [2.05, 4.69) is 140 Å². The molecule has 48 heavy (non-hydrogen) atoms. The highest BCUT2D eigenvalue weighted by molar-refractivity contribution is 6.10. The Morgan fingerprint density at radius 1 is 0.396 bits per heavy atom. The fraction of sp³-hybridized carbons (Fsp3) is 0.0909. The Morgan fingerprint density at radius 2 is 0.896 bits per heavy atom. The maximum Gasteiger partial charge on any atom is 0.169 e. The number of aliphatic hydroxyl groups excluding tert-OH is 2. The molecule has 0 aliphatic heterocycles.